The first-order valence-corrected chi connectivity index (χ1v) is 4.76. The van der Waals surface area contributed by atoms with Crippen molar-refractivity contribution in [2.24, 2.45) is 0 Å². The van der Waals surface area contributed by atoms with Gasteiger partial charge in [-0.25, -0.2) is 4.79 Å². The number of carbonyl (C=O) groups is 1. The molecule has 0 aromatic heterocycles. The van der Waals surface area contributed by atoms with E-state index < -0.39 is 5.97 Å². The molecule has 0 amide bonds. The largest absolute Gasteiger partial charge is 0.493 e. The van der Waals surface area contributed by atoms with Gasteiger partial charge in [0.25, 0.3) is 0 Å². The summed E-state index contributed by atoms with van der Waals surface area (Å²) in [7, 11) is 0. The summed E-state index contributed by atoms with van der Waals surface area (Å²) in [4.78, 5) is 10.3. The third-order valence-corrected chi connectivity index (χ3v) is 2.22. The quantitative estimate of drug-likeness (QED) is 0.647. The average molecular weight is 202 g/mol. The van der Waals surface area contributed by atoms with E-state index in [0.717, 1.165) is 36.3 Å². The van der Waals surface area contributed by atoms with Gasteiger partial charge in [-0.15, -0.1) is 0 Å². The summed E-state index contributed by atoms with van der Waals surface area (Å²) in [6, 6.07) is 5.52. The number of hydrogen-bond donors (Lipinski definition) is 1. The predicted octanol–water partition coefficient (Wildman–Crippen LogP) is 1.45. The van der Waals surface area contributed by atoms with Crippen LogP contribution in [0.2, 0.25) is 0 Å². The van der Waals surface area contributed by atoms with E-state index in [1.807, 2.05) is 12.1 Å². The second kappa shape index (κ2) is 4.05. The Morgan fingerprint density at radius 1 is 1.47 bits per heavy atom. The number of carboxylic acids is 1. The van der Waals surface area contributed by atoms with Crippen molar-refractivity contribution in [2.45, 2.75) is 12.8 Å². The topological polar surface area (TPSA) is 46.5 Å². The molecule has 3 heteroatoms. The van der Waals surface area contributed by atoms with Gasteiger partial charge in [0.2, 0.25) is 0 Å². The molecule has 3 nitrogen and oxygen atoms in total. The van der Waals surface area contributed by atoms with Crippen LogP contribution in [0, 0.1) is 11.8 Å². The molecule has 1 aromatic carbocycles. The minimum Gasteiger partial charge on any atom is -0.493 e. The van der Waals surface area contributed by atoms with Crippen molar-refractivity contribution >= 4 is 5.97 Å². The molecule has 1 N–H and O–H groups in total. The molecule has 1 aromatic rings. The van der Waals surface area contributed by atoms with E-state index in [4.69, 9.17) is 9.84 Å². The van der Waals surface area contributed by atoms with E-state index in [1.165, 1.54) is 0 Å². The highest BCUT2D eigenvalue weighted by molar-refractivity contribution is 5.87. The molecule has 1 aliphatic heterocycles. The fourth-order valence-corrected chi connectivity index (χ4v) is 1.56. The van der Waals surface area contributed by atoms with E-state index in [2.05, 4.69) is 11.8 Å². The van der Waals surface area contributed by atoms with Crippen LogP contribution in [0.1, 0.15) is 17.5 Å². The second-order valence-corrected chi connectivity index (χ2v) is 3.33. The molecule has 0 radical (unpaired) electrons. The SMILES string of the molecule is O=C(O)C#Cc1ccc2c(c1)CCCO2. The van der Waals surface area contributed by atoms with Gasteiger partial charge < -0.3 is 9.84 Å². The van der Waals surface area contributed by atoms with Gasteiger partial charge >= 0.3 is 5.97 Å². The maximum Gasteiger partial charge on any atom is 0.382 e. The highest BCUT2D eigenvalue weighted by Crippen LogP contribution is 2.25. The zero-order chi connectivity index (χ0) is 10.7. The van der Waals surface area contributed by atoms with Crippen molar-refractivity contribution in [3.63, 3.8) is 0 Å². The third kappa shape index (κ3) is 2.29. The first-order chi connectivity index (χ1) is 7.25. The Hall–Kier alpha value is -1.95. The van der Waals surface area contributed by atoms with Crippen LogP contribution < -0.4 is 4.74 Å². The third-order valence-electron chi connectivity index (χ3n) is 2.22. The molecule has 1 aliphatic rings. The number of benzene rings is 1. The number of hydrogen-bond acceptors (Lipinski definition) is 2. The van der Waals surface area contributed by atoms with E-state index in [1.54, 1.807) is 6.07 Å². The van der Waals surface area contributed by atoms with Gasteiger partial charge in [0.1, 0.15) is 5.75 Å². The van der Waals surface area contributed by atoms with Crippen molar-refractivity contribution in [1.82, 2.24) is 0 Å². The molecular formula is C12H10O3. The normalized spacial score (nSPS) is 13.1. The molecule has 1 heterocycles. The Morgan fingerprint density at radius 2 is 2.33 bits per heavy atom. The molecule has 76 valence electrons. The van der Waals surface area contributed by atoms with Crippen LogP contribution in [-0.2, 0) is 11.2 Å². The summed E-state index contributed by atoms with van der Waals surface area (Å²) in [5.41, 5.74) is 1.83. The lowest BCUT2D eigenvalue weighted by atomic mass is 10.0. The zero-order valence-electron chi connectivity index (χ0n) is 8.12. The number of carboxylic acid groups (broad SMARTS) is 1. The summed E-state index contributed by atoms with van der Waals surface area (Å²) in [5.74, 6) is 4.47. The Kier molecular flexibility index (Phi) is 2.59. The number of rotatable bonds is 0. The highest BCUT2D eigenvalue weighted by atomic mass is 16.5. The van der Waals surface area contributed by atoms with E-state index >= 15 is 0 Å². The van der Waals surface area contributed by atoms with Crippen LogP contribution in [0.25, 0.3) is 0 Å². The molecule has 15 heavy (non-hydrogen) atoms. The standard InChI is InChI=1S/C12H10O3/c13-12(14)6-4-9-3-5-11-10(8-9)2-1-7-15-11/h3,5,8H,1-2,7H2,(H,13,14). The minimum atomic E-state index is -1.11. The maximum atomic E-state index is 10.3. The fraction of sp³-hybridized carbons (Fsp3) is 0.250. The van der Waals surface area contributed by atoms with Gasteiger partial charge in [0.15, 0.2) is 0 Å². The van der Waals surface area contributed by atoms with Crippen molar-refractivity contribution in [3.05, 3.63) is 29.3 Å². The molecule has 0 saturated carbocycles. The van der Waals surface area contributed by atoms with Gasteiger partial charge in [0, 0.05) is 11.5 Å². The van der Waals surface area contributed by atoms with Crippen molar-refractivity contribution < 1.29 is 14.6 Å². The second-order valence-electron chi connectivity index (χ2n) is 3.33. The van der Waals surface area contributed by atoms with Crippen LogP contribution in [0.3, 0.4) is 0 Å². The monoisotopic (exact) mass is 202 g/mol. The number of aliphatic carboxylic acids is 1. The molecule has 0 unspecified atom stereocenters. The molecule has 0 bridgehead atoms. The molecule has 0 fully saturated rings. The summed E-state index contributed by atoms with van der Waals surface area (Å²) in [6.07, 6.45) is 1.97. The van der Waals surface area contributed by atoms with Crippen LogP contribution in [0.15, 0.2) is 18.2 Å². The molecule has 2 rings (SSSR count). The highest BCUT2D eigenvalue weighted by Gasteiger charge is 2.09. The molecule has 0 saturated heterocycles. The van der Waals surface area contributed by atoms with Crippen LogP contribution in [0.4, 0.5) is 0 Å². The smallest absolute Gasteiger partial charge is 0.382 e. The van der Waals surface area contributed by atoms with E-state index in [-0.39, 0.29) is 0 Å². The fourth-order valence-electron chi connectivity index (χ4n) is 1.56. The van der Waals surface area contributed by atoms with Crippen molar-refractivity contribution in [3.8, 4) is 17.6 Å². The van der Waals surface area contributed by atoms with E-state index in [9.17, 15) is 4.79 Å². The molecule has 0 aliphatic carbocycles. The predicted molar refractivity (Wildman–Crippen MR) is 54.8 cm³/mol. The molecule has 0 atom stereocenters. The first kappa shape index (κ1) is 9.60. The number of ether oxygens (including phenoxy) is 1. The Labute approximate surface area is 87.7 Å². The lowest BCUT2D eigenvalue weighted by Gasteiger charge is -2.16. The summed E-state index contributed by atoms with van der Waals surface area (Å²) < 4.78 is 5.44. The Morgan fingerprint density at radius 3 is 3.13 bits per heavy atom. The van der Waals surface area contributed by atoms with Crippen molar-refractivity contribution in [1.29, 1.82) is 0 Å². The van der Waals surface area contributed by atoms with Crippen LogP contribution in [-0.4, -0.2) is 17.7 Å². The molecular weight excluding hydrogens is 192 g/mol. The van der Waals surface area contributed by atoms with Gasteiger partial charge in [-0.2, -0.15) is 0 Å². The lowest BCUT2D eigenvalue weighted by molar-refractivity contribution is -0.130. The summed E-state index contributed by atoms with van der Waals surface area (Å²) in [6.45, 7) is 0.757. The van der Waals surface area contributed by atoms with Crippen molar-refractivity contribution in [2.75, 3.05) is 6.61 Å². The Bertz CT molecular complexity index is 452. The average Bonchev–Trinajstić information content (AvgIpc) is 2.26. The van der Waals surface area contributed by atoms with Gasteiger partial charge in [-0.05, 0) is 36.6 Å². The molecule has 0 spiro atoms. The van der Waals surface area contributed by atoms with Gasteiger partial charge in [-0.1, -0.05) is 5.92 Å². The summed E-state index contributed by atoms with van der Waals surface area (Å²) in [5, 5.41) is 8.41. The number of fused-ring (bicyclic) bond motifs is 1. The van der Waals surface area contributed by atoms with Crippen LogP contribution >= 0.6 is 0 Å². The minimum absolute atomic E-state index is 0.724. The van der Waals surface area contributed by atoms with E-state index in [0.29, 0.717) is 0 Å². The van der Waals surface area contributed by atoms with Gasteiger partial charge in [0.05, 0.1) is 6.61 Å². The van der Waals surface area contributed by atoms with Crippen LogP contribution in [0.5, 0.6) is 5.75 Å². The van der Waals surface area contributed by atoms with Gasteiger partial charge in [-0.3, -0.25) is 0 Å². The maximum absolute atomic E-state index is 10.3. The Balaban J connectivity index is 2.29. The summed E-state index contributed by atoms with van der Waals surface area (Å²) >= 11 is 0. The number of aryl methyl sites for hydroxylation is 1. The first-order valence-electron chi connectivity index (χ1n) is 4.76. The lowest BCUT2D eigenvalue weighted by Crippen LogP contribution is -2.08. The zero-order valence-corrected chi connectivity index (χ0v) is 8.12.